The van der Waals surface area contributed by atoms with Crippen molar-refractivity contribution in [2.75, 3.05) is 59.5 Å². The van der Waals surface area contributed by atoms with Gasteiger partial charge in [0.05, 0.1) is 26.4 Å². The van der Waals surface area contributed by atoms with Crippen molar-refractivity contribution < 1.29 is 43.2 Å². The van der Waals surface area contributed by atoms with Gasteiger partial charge in [-0.2, -0.15) is 0 Å². The fraction of sp³-hybridized carbons (Fsp3) is 0.435. The highest BCUT2D eigenvalue weighted by Gasteiger charge is 2.17. The first-order valence-corrected chi connectivity index (χ1v) is 10.7. The van der Waals surface area contributed by atoms with Crippen LogP contribution in [0, 0.1) is 0 Å². The summed E-state index contributed by atoms with van der Waals surface area (Å²) in [4.78, 5) is 11.4. The first kappa shape index (κ1) is 24.6. The summed E-state index contributed by atoms with van der Waals surface area (Å²) in [5.41, 5.74) is 1.54. The number of hydrogen-bond donors (Lipinski definition) is 2. The minimum Gasteiger partial charge on any atom is -0.487 e. The van der Waals surface area contributed by atoms with Gasteiger partial charge in [0.25, 0.3) is 5.91 Å². The maximum Gasteiger partial charge on any atom is 0.269 e. The molecular weight excluding hydrogens is 434 g/mol. The Morgan fingerprint density at radius 2 is 1.18 bits per heavy atom. The molecule has 0 aromatic heterocycles. The molecule has 0 atom stereocenters. The van der Waals surface area contributed by atoms with E-state index in [9.17, 15) is 4.79 Å². The maximum atomic E-state index is 11.4. The Balaban J connectivity index is 1.71. The molecule has 0 saturated carbocycles. The summed E-state index contributed by atoms with van der Waals surface area (Å²) in [7, 11) is 0. The van der Waals surface area contributed by atoms with E-state index >= 15 is 0 Å². The molecule has 3 rings (SSSR count). The van der Waals surface area contributed by atoms with Gasteiger partial charge in [-0.1, -0.05) is 24.3 Å². The molecule has 10 nitrogen and oxygen atoms in total. The van der Waals surface area contributed by atoms with E-state index in [1.165, 1.54) is 5.48 Å². The Labute approximate surface area is 192 Å². The highest BCUT2D eigenvalue weighted by molar-refractivity contribution is 5.75. The molecule has 2 N–H and O–H groups in total. The fourth-order valence-electron chi connectivity index (χ4n) is 2.86. The summed E-state index contributed by atoms with van der Waals surface area (Å²) >= 11 is 0. The molecule has 0 bridgehead atoms. The van der Waals surface area contributed by atoms with Gasteiger partial charge in [-0.3, -0.25) is 10.0 Å². The molecule has 10 heteroatoms. The van der Waals surface area contributed by atoms with Gasteiger partial charge in [0, 0.05) is 0 Å². The normalized spacial score (nSPS) is 16.6. The first-order chi connectivity index (χ1) is 16.3. The Morgan fingerprint density at radius 3 is 1.64 bits per heavy atom. The summed E-state index contributed by atoms with van der Waals surface area (Å²) in [6.07, 6.45) is -0.628. The average molecular weight is 463 g/mol. The summed E-state index contributed by atoms with van der Waals surface area (Å²) in [5.74, 6) is 1.46. The molecule has 180 valence electrons. The molecule has 2 aromatic rings. The molecule has 0 radical (unpaired) electrons. The van der Waals surface area contributed by atoms with E-state index in [2.05, 4.69) is 0 Å². The number of fused-ring (bicyclic) bond motifs is 2. The van der Waals surface area contributed by atoms with Gasteiger partial charge in [0.2, 0.25) is 0 Å². The standard InChI is InChI=1S/C23H29NO9/c25-23(24-26)17-31-18-15-32-21-7-3-1-5-19(21)29-13-11-27-9-10-28-12-14-30-20-6-2-4-8-22(20)33-16-18/h1-8,18,26H,9-17H2,(H,24,25). The van der Waals surface area contributed by atoms with Gasteiger partial charge in [-0.25, -0.2) is 5.48 Å². The molecule has 1 amide bonds. The van der Waals surface area contributed by atoms with E-state index in [0.29, 0.717) is 62.6 Å². The zero-order chi connectivity index (χ0) is 23.1. The monoisotopic (exact) mass is 463 g/mol. The first-order valence-electron chi connectivity index (χ1n) is 10.7. The number of carbonyl (C=O) groups excluding carboxylic acids is 1. The van der Waals surface area contributed by atoms with Crippen LogP contribution in [-0.2, 0) is 19.0 Å². The molecule has 0 aliphatic carbocycles. The second-order valence-electron chi connectivity index (χ2n) is 6.91. The third-order valence-corrected chi connectivity index (χ3v) is 4.47. The van der Waals surface area contributed by atoms with Crippen LogP contribution in [-0.4, -0.2) is 76.7 Å². The van der Waals surface area contributed by atoms with E-state index in [4.69, 9.17) is 38.4 Å². The van der Waals surface area contributed by atoms with Gasteiger partial charge in [0.1, 0.15) is 39.1 Å². The van der Waals surface area contributed by atoms with Crippen molar-refractivity contribution in [3.8, 4) is 23.0 Å². The second-order valence-corrected chi connectivity index (χ2v) is 6.91. The average Bonchev–Trinajstić information content (AvgIpc) is 2.85. The van der Waals surface area contributed by atoms with E-state index in [1.54, 1.807) is 24.3 Å². The van der Waals surface area contributed by atoms with Crippen molar-refractivity contribution in [3.05, 3.63) is 48.5 Å². The number of hydroxylamine groups is 1. The molecule has 0 fully saturated rings. The van der Waals surface area contributed by atoms with E-state index in [1.807, 2.05) is 24.3 Å². The number of amides is 1. The van der Waals surface area contributed by atoms with Gasteiger partial charge in [-0.05, 0) is 24.3 Å². The Bertz CT molecular complexity index is 789. The lowest BCUT2D eigenvalue weighted by Crippen LogP contribution is -2.33. The van der Waals surface area contributed by atoms with Crippen LogP contribution in [0.25, 0.3) is 0 Å². The second kappa shape index (κ2) is 14.2. The molecule has 1 aliphatic heterocycles. The van der Waals surface area contributed by atoms with Crippen molar-refractivity contribution >= 4 is 5.91 Å². The van der Waals surface area contributed by atoms with E-state index in [0.717, 1.165) is 0 Å². The SMILES string of the molecule is O=C(COC1COc2ccccc2OCCOCCOCCOc2ccccc2OC1)NO. The largest absolute Gasteiger partial charge is 0.487 e. The van der Waals surface area contributed by atoms with Crippen LogP contribution < -0.4 is 24.4 Å². The quantitative estimate of drug-likeness (QED) is 0.520. The fourth-order valence-corrected chi connectivity index (χ4v) is 2.86. The summed E-state index contributed by atoms with van der Waals surface area (Å²) < 4.78 is 40.0. The third kappa shape index (κ3) is 8.78. The smallest absolute Gasteiger partial charge is 0.269 e. The Hall–Kier alpha value is -3.05. The van der Waals surface area contributed by atoms with Crippen molar-refractivity contribution in [1.29, 1.82) is 0 Å². The number of carbonyl (C=O) groups is 1. The van der Waals surface area contributed by atoms with Crippen LogP contribution in [0.1, 0.15) is 0 Å². The van der Waals surface area contributed by atoms with Crippen LogP contribution in [0.3, 0.4) is 0 Å². The van der Waals surface area contributed by atoms with Gasteiger partial charge < -0.3 is 33.2 Å². The molecule has 0 spiro atoms. The minimum atomic E-state index is -0.682. The van der Waals surface area contributed by atoms with Crippen molar-refractivity contribution in [2.45, 2.75) is 6.10 Å². The highest BCUT2D eigenvalue weighted by Crippen LogP contribution is 2.28. The van der Waals surface area contributed by atoms with Crippen molar-refractivity contribution in [1.82, 2.24) is 5.48 Å². The van der Waals surface area contributed by atoms with Gasteiger partial charge in [-0.15, -0.1) is 0 Å². The van der Waals surface area contributed by atoms with Crippen LogP contribution in [0.5, 0.6) is 23.0 Å². The summed E-state index contributed by atoms with van der Waals surface area (Å²) in [5, 5.41) is 8.75. The van der Waals surface area contributed by atoms with Crippen LogP contribution in [0.15, 0.2) is 48.5 Å². The Kier molecular flexibility index (Phi) is 10.6. The molecular formula is C23H29NO9. The number of rotatable bonds is 3. The number of nitrogens with one attached hydrogen (secondary N) is 1. The Morgan fingerprint density at radius 1 is 0.758 bits per heavy atom. The third-order valence-electron chi connectivity index (χ3n) is 4.47. The zero-order valence-corrected chi connectivity index (χ0v) is 18.3. The molecule has 33 heavy (non-hydrogen) atoms. The number of ether oxygens (including phenoxy) is 7. The maximum absolute atomic E-state index is 11.4. The van der Waals surface area contributed by atoms with Crippen LogP contribution in [0.4, 0.5) is 0 Å². The molecule has 0 unspecified atom stereocenters. The lowest BCUT2D eigenvalue weighted by Gasteiger charge is -2.20. The molecule has 1 heterocycles. The predicted molar refractivity (Wildman–Crippen MR) is 116 cm³/mol. The minimum absolute atomic E-state index is 0.0758. The number of hydrogen-bond acceptors (Lipinski definition) is 9. The number of benzene rings is 2. The predicted octanol–water partition coefficient (Wildman–Crippen LogP) is 1.84. The van der Waals surface area contributed by atoms with Crippen LogP contribution in [0.2, 0.25) is 0 Å². The molecule has 0 saturated heterocycles. The number of para-hydroxylation sites is 4. The molecule has 1 aliphatic rings. The van der Waals surface area contributed by atoms with E-state index < -0.39 is 12.0 Å². The highest BCUT2D eigenvalue weighted by atomic mass is 16.6. The molecule has 2 aromatic carbocycles. The van der Waals surface area contributed by atoms with Gasteiger partial charge >= 0.3 is 0 Å². The van der Waals surface area contributed by atoms with Crippen molar-refractivity contribution in [3.63, 3.8) is 0 Å². The van der Waals surface area contributed by atoms with Crippen molar-refractivity contribution in [2.24, 2.45) is 0 Å². The van der Waals surface area contributed by atoms with Crippen LogP contribution >= 0.6 is 0 Å². The lowest BCUT2D eigenvalue weighted by atomic mass is 10.3. The van der Waals surface area contributed by atoms with Gasteiger partial charge in [0.15, 0.2) is 23.0 Å². The lowest BCUT2D eigenvalue weighted by molar-refractivity contribution is -0.137. The summed E-state index contributed by atoms with van der Waals surface area (Å²) in [6.45, 7) is 2.17. The topological polar surface area (TPSA) is 114 Å². The zero-order valence-electron chi connectivity index (χ0n) is 18.3. The summed E-state index contributed by atoms with van der Waals surface area (Å²) in [6, 6.07) is 14.5. The van der Waals surface area contributed by atoms with E-state index in [-0.39, 0.29) is 19.8 Å².